The third-order valence-electron chi connectivity index (χ3n) is 6.98. The molecule has 6 rings (SSSR count). The first-order chi connectivity index (χ1) is 22.9. The van der Waals surface area contributed by atoms with Crippen LogP contribution in [-0.4, -0.2) is 22.4 Å². The maximum atomic E-state index is 13.0. The zero-order valence-corrected chi connectivity index (χ0v) is 25.6. The fraction of sp³-hybridized carbons (Fsp3) is 0. The van der Waals surface area contributed by atoms with Gasteiger partial charge < -0.3 is 19.7 Å². The molecule has 0 saturated heterocycles. The number of hydrogen-bond donors (Lipinski definition) is 4. The molecule has 9 heteroatoms. The Labute approximate surface area is 275 Å². The summed E-state index contributed by atoms with van der Waals surface area (Å²) in [4.78, 5) is 27.1. The Kier molecular flexibility index (Phi) is 9.36. The van der Waals surface area contributed by atoms with Crippen molar-refractivity contribution in [1.82, 2.24) is 0 Å². The Bertz CT molecular complexity index is 1890. The van der Waals surface area contributed by atoms with Crippen molar-refractivity contribution in [3.63, 3.8) is 0 Å². The molecule has 232 valence electrons. The highest BCUT2D eigenvalue weighted by Gasteiger charge is 2.19. The average molecular weight is 641 g/mol. The third-order valence-corrected chi connectivity index (χ3v) is 8.10. The van der Waals surface area contributed by atoms with Crippen LogP contribution in [0.25, 0.3) is 22.3 Å². The Balaban J connectivity index is 1.36. The first-order valence-electron chi connectivity index (χ1n) is 14.5. The standard InChI is InChI=1S/C38H28N2O6S/c41-31-17-9-7-15-29(31)25-19-21-35(33(23-25)45-37(43)39-27-11-3-1-4-12-27)47-36-22-20-26(30-16-8-10-18-32(30)42)24-34(36)46-38(44)40-28-13-5-2-6-14-28/h1-24,41-42H,(H,39,43)(H,40,44). The fourth-order valence-electron chi connectivity index (χ4n) is 4.76. The van der Waals surface area contributed by atoms with Gasteiger partial charge in [0.25, 0.3) is 0 Å². The van der Waals surface area contributed by atoms with Crippen molar-refractivity contribution < 1.29 is 29.3 Å². The molecule has 0 atom stereocenters. The molecule has 0 fully saturated rings. The van der Waals surface area contributed by atoms with E-state index in [0.717, 1.165) is 0 Å². The number of phenols is 2. The van der Waals surface area contributed by atoms with Crippen molar-refractivity contribution in [2.45, 2.75) is 9.79 Å². The molecule has 4 N–H and O–H groups in total. The summed E-state index contributed by atoms with van der Waals surface area (Å²) in [5, 5.41) is 26.5. The third kappa shape index (κ3) is 7.73. The number of ether oxygens (including phenoxy) is 2. The van der Waals surface area contributed by atoms with Crippen LogP contribution in [-0.2, 0) is 0 Å². The molecule has 0 heterocycles. The topological polar surface area (TPSA) is 117 Å². The number of carbonyl (C=O) groups excluding carboxylic acids is 2. The van der Waals surface area contributed by atoms with Gasteiger partial charge in [-0.15, -0.1) is 0 Å². The van der Waals surface area contributed by atoms with Gasteiger partial charge in [-0.05, 0) is 71.8 Å². The van der Waals surface area contributed by atoms with Crippen molar-refractivity contribution >= 4 is 35.3 Å². The molecule has 0 bridgehead atoms. The summed E-state index contributed by atoms with van der Waals surface area (Å²) < 4.78 is 11.7. The minimum atomic E-state index is -0.707. The Hall–Kier alpha value is -6.19. The number of nitrogens with one attached hydrogen (secondary N) is 2. The number of phenolic OH excluding ortho intramolecular Hbond substituents is 2. The summed E-state index contributed by atoms with van der Waals surface area (Å²) in [6.07, 6.45) is -1.41. The molecule has 0 aliphatic carbocycles. The smallest absolute Gasteiger partial charge is 0.417 e. The number of carbonyl (C=O) groups is 2. The minimum absolute atomic E-state index is 0.0764. The number of para-hydroxylation sites is 4. The molecular formula is C38H28N2O6S. The van der Waals surface area contributed by atoms with Gasteiger partial charge in [0, 0.05) is 22.5 Å². The van der Waals surface area contributed by atoms with E-state index >= 15 is 0 Å². The van der Waals surface area contributed by atoms with E-state index in [-0.39, 0.29) is 23.0 Å². The van der Waals surface area contributed by atoms with E-state index in [2.05, 4.69) is 10.6 Å². The normalized spacial score (nSPS) is 10.6. The lowest BCUT2D eigenvalue weighted by Gasteiger charge is -2.16. The molecule has 0 spiro atoms. The second-order valence-electron chi connectivity index (χ2n) is 10.2. The first-order valence-corrected chi connectivity index (χ1v) is 15.3. The summed E-state index contributed by atoms with van der Waals surface area (Å²) in [5.41, 5.74) is 3.50. The van der Waals surface area contributed by atoms with Gasteiger partial charge in [-0.25, -0.2) is 9.59 Å². The zero-order chi connectivity index (χ0) is 32.6. The van der Waals surface area contributed by atoms with Crippen molar-refractivity contribution in [3.8, 4) is 45.3 Å². The number of rotatable bonds is 8. The highest BCUT2D eigenvalue weighted by atomic mass is 32.2. The van der Waals surface area contributed by atoms with Crippen LogP contribution in [0.1, 0.15) is 0 Å². The lowest BCUT2D eigenvalue weighted by atomic mass is 10.0. The molecule has 6 aromatic rings. The van der Waals surface area contributed by atoms with Crippen LogP contribution in [0.4, 0.5) is 21.0 Å². The number of anilines is 2. The summed E-state index contributed by atoms with van der Waals surface area (Å²) >= 11 is 1.22. The molecule has 0 saturated carbocycles. The minimum Gasteiger partial charge on any atom is -0.507 e. The van der Waals surface area contributed by atoms with Gasteiger partial charge in [0.05, 0.1) is 9.79 Å². The summed E-state index contributed by atoms with van der Waals surface area (Å²) in [6.45, 7) is 0. The van der Waals surface area contributed by atoms with Gasteiger partial charge in [-0.1, -0.05) is 96.7 Å². The van der Waals surface area contributed by atoms with Crippen LogP contribution in [0.2, 0.25) is 0 Å². The lowest BCUT2D eigenvalue weighted by Crippen LogP contribution is -2.17. The molecule has 0 aliphatic heterocycles. The molecule has 6 aromatic carbocycles. The van der Waals surface area contributed by atoms with Crippen molar-refractivity contribution in [3.05, 3.63) is 146 Å². The summed E-state index contributed by atoms with van der Waals surface area (Å²) in [6, 6.07) is 42.0. The van der Waals surface area contributed by atoms with Gasteiger partial charge in [0.1, 0.15) is 23.0 Å². The first kappa shape index (κ1) is 30.8. The van der Waals surface area contributed by atoms with E-state index in [4.69, 9.17) is 9.47 Å². The van der Waals surface area contributed by atoms with E-state index in [9.17, 15) is 19.8 Å². The van der Waals surface area contributed by atoms with Crippen LogP contribution in [0.5, 0.6) is 23.0 Å². The lowest BCUT2D eigenvalue weighted by molar-refractivity contribution is 0.213. The van der Waals surface area contributed by atoms with Gasteiger partial charge in [0.15, 0.2) is 0 Å². The van der Waals surface area contributed by atoms with Crippen molar-refractivity contribution in [1.29, 1.82) is 0 Å². The Morgan fingerprint density at radius 1 is 0.489 bits per heavy atom. The van der Waals surface area contributed by atoms with E-state index in [1.165, 1.54) is 11.8 Å². The molecule has 0 aromatic heterocycles. The maximum absolute atomic E-state index is 13.0. The Morgan fingerprint density at radius 3 is 1.28 bits per heavy atom. The van der Waals surface area contributed by atoms with Crippen LogP contribution < -0.4 is 20.1 Å². The number of benzene rings is 6. The predicted octanol–water partition coefficient (Wildman–Crippen LogP) is 9.80. The summed E-state index contributed by atoms with van der Waals surface area (Å²) in [5.74, 6) is 0.585. The van der Waals surface area contributed by atoms with Crippen LogP contribution in [0.3, 0.4) is 0 Å². The average Bonchev–Trinajstić information content (AvgIpc) is 3.07. The van der Waals surface area contributed by atoms with Crippen LogP contribution in [0, 0.1) is 0 Å². The number of hydrogen-bond acceptors (Lipinski definition) is 7. The molecule has 47 heavy (non-hydrogen) atoms. The monoisotopic (exact) mass is 640 g/mol. The second kappa shape index (κ2) is 14.3. The van der Waals surface area contributed by atoms with Crippen LogP contribution in [0.15, 0.2) is 155 Å². The van der Waals surface area contributed by atoms with Crippen molar-refractivity contribution in [2.75, 3.05) is 10.6 Å². The molecule has 0 aliphatic rings. The van der Waals surface area contributed by atoms with E-state index < -0.39 is 12.2 Å². The van der Waals surface area contributed by atoms with Gasteiger partial charge >= 0.3 is 12.2 Å². The molecule has 0 radical (unpaired) electrons. The quantitative estimate of drug-likeness (QED) is 0.131. The highest BCUT2D eigenvalue weighted by Crippen LogP contribution is 2.44. The van der Waals surface area contributed by atoms with E-state index in [0.29, 0.717) is 43.4 Å². The fourth-order valence-corrected chi connectivity index (χ4v) is 5.67. The zero-order valence-electron chi connectivity index (χ0n) is 24.8. The molecular weight excluding hydrogens is 612 g/mol. The second-order valence-corrected chi connectivity index (χ2v) is 11.3. The SMILES string of the molecule is O=C(Nc1ccccc1)Oc1cc(-c2ccccc2O)ccc1Sc1ccc(-c2ccccc2O)cc1OC(=O)Nc1ccccc1. The van der Waals surface area contributed by atoms with Crippen molar-refractivity contribution in [2.24, 2.45) is 0 Å². The number of amides is 2. The van der Waals surface area contributed by atoms with E-state index in [1.54, 1.807) is 133 Å². The Morgan fingerprint density at radius 2 is 0.872 bits per heavy atom. The largest absolute Gasteiger partial charge is 0.507 e. The van der Waals surface area contributed by atoms with Gasteiger partial charge in [-0.3, -0.25) is 10.6 Å². The summed E-state index contributed by atoms with van der Waals surface area (Å²) in [7, 11) is 0. The highest BCUT2D eigenvalue weighted by molar-refractivity contribution is 7.99. The van der Waals surface area contributed by atoms with E-state index in [1.807, 2.05) is 12.1 Å². The number of aromatic hydroxyl groups is 2. The predicted molar refractivity (Wildman–Crippen MR) is 183 cm³/mol. The molecule has 2 amide bonds. The van der Waals surface area contributed by atoms with Crippen LogP contribution >= 0.6 is 11.8 Å². The maximum Gasteiger partial charge on any atom is 0.417 e. The van der Waals surface area contributed by atoms with Gasteiger partial charge in [-0.2, -0.15) is 0 Å². The molecule has 8 nitrogen and oxygen atoms in total. The van der Waals surface area contributed by atoms with Gasteiger partial charge in [0.2, 0.25) is 0 Å². The molecule has 0 unspecified atom stereocenters.